The molecular formula is C14H19ClO7S. The highest BCUT2D eigenvalue weighted by atomic mass is 35.7. The predicted molar refractivity (Wildman–Crippen MR) is 82.9 cm³/mol. The smallest absolute Gasteiger partial charge is 0.261 e. The van der Waals surface area contributed by atoms with E-state index in [-0.39, 0.29) is 11.5 Å². The van der Waals surface area contributed by atoms with Gasteiger partial charge >= 0.3 is 0 Å². The van der Waals surface area contributed by atoms with Gasteiger partial charge in [0.1, 0.15) is 13.2 Å². The molecule has 1 aliphatic rings. The van der Waals surface area contributed by atoms with Crippen molar-refractivity contribution in [3.63, 3.8) is 0 Å². The summed E-state index contributed by atoms with van der Waals surface area (Å²) in [6, 6.07) is 4.20. The molecule has 9 heteroatoms. The summed E-state index contributed by atoms with van der Waals surface area (Å²) in [4.78, 5) is -0.0509. The van der Waals surface area contributed by atoms with E-state index in [0.717, 1.165) is 0 Å². The summed E-state index contributed by atoms with van der Waals surface area (Å²) in [6.07, 6.45) is 0. The van der Waals surface area contributed by atoms with E-state index in [1.165, 1.54) is 18.2 Å². The summed E-state index contributed by atoms with van der Waals surface area (Å²) < 4.78 is 50.0. The normalized spacial score (nSPS) is 18.7. The second-order valence-electron chi connectivity index (χ2n) is 4.58. The number of hydrogen-bond acceptors (Lipinski definition) is 7. The molecule has 1 aromatic carbocycles. The molecule has 0 unspecified atom stereocenters. The quantitative estimate of drug-likeness (QED) is 0.695. The van der Waals surface area contributed by atoms with Gasteiger partial charge in [0, 0.05) is 16.7 Å². The molecule has 0 aromatic heterocycles. The molecule has 7 nitrogen and oxygen atoms in total. The van der Waals surface area contributed by atoms with E-state index in [1.807, 2.05) is 0 Å². The van der Waals surface area contributed by atoms with E-state index in [1.54, 1.807) is 0 Å². The monoisotopic (exact) mass is 366 g/mol. The highest BCUT2D eigenvalue weighted by Gasteiger charge is 2.15. The van der Waals surface area contributed by atoms with Gasteiger partial charge in [0.15, 0.2) is 11.5 Å². The lowest BCUT2D eigenvalue weighted by molar-refractivity contribution is 0.00708. The van der Waals surface area contributed by atoms with Crippen LogP contribution in [0.25, 0.3) is 0 Å². The standard InChI is InChI=1S/C14H19ClO7S/c15-23(16,17)12-1-2-13-14(11-12)22-10-8-20-6-4-18-3-5-19-7-9-21-13/h1-2,11H,3-10H2. The molecule has 1 heterocycles. The molecular weight excluding hydrogens is 348 g/mol. The maximum absolute atomic E-state index is 11.4. The van der Waals surface area contributed by atoms with Gasteiger partial charge in [-0.25, -0.2) is 8.42 Å². The fourth-order valence-electron chi connectivity index (χ4n) is 1.84. The Kier molecular flexibility index (Phi) is 7.38. The van der Waals surface area contributed by atoms with Gasteiger partial charge in [-0.15, -0.1) is 0 Å². The van der Waals surface area contributed by atoms with Gasteiger partial charge in [-0.1, -0.05) is 0 Å². The lowest BCUT2D eigenvalue weighted by Crippen LogP contribution is -2.13. The fourth-order valence-corrected chi connectivity index (χ4v) is 2.60. The van der Waals surface area contributed by atoms with Crippen molar-refractivity contribution < 1.29 is 32.1 Å². The molecule has 0 saturated carbocycles. The van der Waals surface area contributed by atoms with E-state index < -0.39 is 9.05 Å². The fraction of sp³-hybridized carbons (Fsp3) is 0.571. The van der Waals surface area contributed by atoms with E-state index >= 15 is 0 Å². The molecule has 2 rings (SSSR count). The van der Waals surface area contributed by atoms with Gasteiger partial charge in [-0.2, -0.15) is 0 Å². The second-order valence-corrected chi connectivity index (χ2v) is 7.15. The summed E-state index contributed by atoms with van der Waals surface area (Å²) in [5.41, 5.74) is 0. The van der Waals surface area contributed by atoms with Gasteiger partial charge in [0.25, 0.3) is 9.05 Å². The van der Waals surface area contributed by atoms with Crippen molar-refractivity contribution in [1.82, 2.24) is 0 Å². The van der Waals surface area contributed by atoms with Crippen LogP contribution in [0.5, 0.6) is 11.5 Å². The van der Waals surface area contributed by atoms with Crippen LogP contribution in [0.4, 0.5) is 0 Å². The number of fused-ring (bicyclic) bond motifs is 1. The number of halogens is 1. The number of rotatable bonds is 1. The Labute approximate surface area is 139 Å². The lowest BCUT2D eigenvalue weighted by atomic mass is 10.3. The third kappa shape index (κ3) is 6.52. The zero-order valence-corrected chi connectivity index (χ0v) is 14.1. The molecule has 0 fully saturated rings. The molecule has 1 aromatic rings. The first-order chi connectivity index (χ1) is 11.1. The zero-order chi connectivity index (χ0) is 16.5. The van der Waals surface area contributed by atoms with E-state index in [9.17, 15) is 8.42 Å². The minimum Gasteiger partial charge on any atom is -0.487 e. The Morgan fingerprint density at radius 1 is 0.739 bits per heavy atom. The van der Waals surface area contributed by atoms with Crippen molar-refractivity contribution in [2.24, 2.45) is 0 Å². The number of hydrogen-bond donors (Lipinski definition) is 0. The third-order valence-corrected chi connectivity index (χ3v) is 4.26. The first-order valence-electron chi connectivity index (χ1n) is 7.15. The van der Waals surface area contributed by atoms with Gasteiger partial charge in [-0.3, -0.25) is 0 Å². The van der Waals surface area contributed by atoms with Crippen LogP contribution in [0.15, 0.2) is 23.1 Å². The summed E-state index contributed by atoms with van der Waals surface area (Å²) in [6.45, 7) is 3.17. The minimum absolute atomic E-state index is 0.0509. The Morgan fingerprint density at radius 3 is 1.74 bits per heavy atom. The van der Waals surface area contributed by atoms with E-state index in [0.29, 0.717) is 57.7 Å². The minimum atomic E-state index is -3.84. The molecule has 130 valence electrons. The molecule has 1 aliphatic heterocycles. The average Bonchev–Trinajstić information content (AvgIpc) is 2.52. The van der Waals surface area contributed by atoms with Crippen LogP contribution >= 0.6 is 10.7 Å². The largest absolute Gasteiger partial charge is 0.487 e. The number of ether oxygens (including phenoxy) is 5. The van der Waals surface area contributed by atoms with Crippen molar-refractivity contribution >= 4 is 19.7 Å². The Balaban J connectivity index is 2.09. The van der Waals surface area contributed by atoms with E-state index in [2.05, 4.69) is 0 Å². The van der Waals surface area contributed by atoms with Crippen molar-refractivity contribution in [1.29, 1.82) is 0 Å². The van der Waals surface area contributed by atoms with Crippen molar-refractivity contribution in [2.75, 3.05) is 52.9 Å². The molecule has 0 amide bonds. The molecule has 0 N–H and O–H groups in total. The Morgan fingerprint density at radius 2 is 1.22 bits per heavy atom. The number of benzene rings is 1. The topological polar surface area (TPSA) is 80.3 Å². The third-order valence-electron chi connectivity index (χ3n) is 2.91. The lowest BCUT2D eigenvalue weighted by Gasteiger charge is -2.13. The molecule has 0 spiro atoms. The maximum Gasteiger partial charge on any atom is 0.261 e. The molecule has 0 bridgehead atoms. The molecule has 23 heavy (non-hydrogen) atoms. The summed E-state index contributed by atoms with van der Waals surface area (Å²) >= 11 is 0. The van der Waals surface area contributed by atoms with Crippen LogP contribution in [0.3, 0.4) is 0 Å². The van der Waals surface area contributed by atoms with Crippen LogP contribution in [0.1, 0.15) is 0 Å². The summed E-state index contributed by atoms with van der Waals surface area (Å²) in [5, 5.41) is 0. The Bertz CT molecular complexity index is 591. The van der Waals surface area contributed by atoms with Crippen LogP contribution in [-0.2, 0) is 23.3 Å². The SMILES string of the molecule is O=S(=O)(Cl)c1ccc2c(c1)OCCOCCOCCOCCO2. The van der Waals surface area contributed by atoms with E-state index in [4.69, 9.17) is 34.4 Å². The van der Waals surface area contributed by atoms with Crippen molar-refractivity contribution in [3.8, 4) is 11.5 Å². The summed E-state index contributed by atoms with van der Waals surface area (Å²) in [5.74, 6) is 0.713. The summed E-state index contributed by atoms with van der Waals surface area (Å²) in [7, 11) is 1.52. The van der Waals surface area contributed by atoms with Crippen LogP contribution < -0.4 is 9.47 Å². The zero-order valence-electron chi connectivity index (χ0n) is 12.5. The highest BCUT2D eigenvalue weighted by molar-refractivity contribution is 8.13. The molecule has 0 atom stereocenters. The van der Waals surface area contributed by atoms with Crippen molar-refractivity contribution in [2.45, 2.75) is 4.90 Å². The predicted octanol–water partition coefficient (Wildman–Crippen LogP) is 1.44. The second kappa shape index (κ2) is 9.29. The first-order valence-corrected chi connectivity index (χ1v) is 9.46. The van der Waals surface area contributed by atoms with Crippen LogP contribution in [0.2, 0.25) is 0 Å². The molecule has 0 aliphatic carbocycles. The van der Waals surface area contributed by atoms with Gasteiger partial charge in [-0.05, 0) is 12.1 Å². The van der Waals surface area contributed by atoms with Crippen molar-refractivity contribution in [3.05, 3.63) is 18.2 Å². The van der Waals surface area contributed by atoms with Gasteiger partial charge in [0.2, 0.25) is 0 Å². The van der Waals surface area contributed by atoms with Gasteiger partial charge in [0.05, 0.1) is 44.5 Å². The molecule has 0 saturated heterocycles. The average molecular weight is 367 g/mol. The van der Waals surface area contributed by atoms with Gasteiger partial charge < -0.3 is 23.7 Å². The molecule has 0 radical (unpaired) electrons. The van der Waals surface area contributed by atoms with Crippen LogP contribution in [0, 0.1) is 0 Å². The maximum atomic E-state index is 11.4. The first kappa shape index (κ1) is 18.3. The highest BCUT2D eigenvalue weighted by Crippen LogP contribution is 2.31. The van der Waals surface area contributed by atoms with Crippen LogP contribution in [-0.4, -0.2) is 61.3 Å². The Hall–Kier alpha value is -1.06.